The van der Waals surface area contributed by atoms with Gasteiger partial charge in [-0.15, -0.1) is 0 Å². The molecule has 0 spiro atoms. The molecule has 0 saturated heterocycles. The molecule has 0 aromatic heterocycles. The Labute approximate surface area is 106 Å². The molecule has 2 aromatic rings. The minimum absolute atomic E-state index is 0.166. The van der Waals surface area contributed by atoms with E-state index < -0.39 is 6.04 Å². The first-order chi connectivity index (χ1) is 8.70. The topological polar surface area (TPSA) is 56.0 Å². The van der Waals surface area contributed by atoms with Gasteiger partial charge in [0, 0.05) is 5.69 Å². The van der Waals surface area contributed by atoms with E-state index in [1.54, 1.807) is 18.2 Å². The second-order valence-corrected chi connectivity index (χ2v) is 4.12. The largest absolute Gasteiger partial charge is 0.508 e. The van der Waals surface area contributed by atoms with Gasteiger partial charge in [-0.2, -0.15) is 5.26 Å². The third-order valence-electron chi connectivity index (χ3n) is 2.78. The number of nitrogens with one attached hydrogen (secondary N) is 1. The van der Waals surface area contributed by atoms with Crippen LogP contribution in [0.25, 0.3) is 0 Å². The number of phenols is 1. The van der Waals surface area contributed by atoms with Gasteiger partial charge in [0.2, 0.25) is 0 Å². The molecule has 0 fully saturated rings. The summed E-state index contributed by atoms with van der Waals surface area (Å²) in [5, 5.41) is 21.8. The van der Waals surface area contributed by atoms with Crippen molar-refractivity contribution in [3.05, 3.63) is 59.7 Å². The fraction of sp³-hybridized carbons (Fsp3) is 0.133. The van der Waals surface area contributed by atoms with E-state index in [1.165, 1.54) is 0 Å². The van der Waals surface area contributed by atoms with Crippen LogP contribution in [0.5, 0.6) is 5.75 Å². The fourth-order valence-corrected chi connectivity index (χ4v) is 1.78. The Morgan fingerprint density at radius 1 is 1.17 bits per heavy atom. The maximum absolute atomic E-state index is 9.44. The van der Waals surface area contributed by atoms with Crippen LogP contribution in [-0.2, 0) is 0 Å². The Balaban J connectivity index is 2.26. The highest BCUT2D eigenvalue weighted by Crippen LogP contribution is 2.23. The molecule has 0 bridgehead atoms. The first kappa shape index (κ1) is 12.0. The quantitative estimate of drug-likeness (QED) is 0.861. The van der Waals surface area contributed by atoms with Crippen molar-refractivity contribution in [2.45, 2.75) is 13.0 Å². The monoisotopic (exact) mass is 238 g/mol. The smallest absolute Gasteiger partial charge is 0.140 e. The van der Waals surface area contributed by atoms with Crippen LogP contribution in [-0.4, -0.2) is 5.11 Å². The third-order valence-corrected chi connectivity index (χ3v) is 2.78. The van der Waals surface area contributed by atoms with Gasteiger partial charge in [0.05, 0.1) is 6.07 Å². The summed E-state index contributed by atoms with van der Waals surface area (Å²) in [5.74, 6) is 0.166. The molecule has 0 heterocycles. The summed E-state index contributed by atoms with van der Waals surface area (Å²) in [5.41, 5.74) is 2.76. The molecule has 1 atom stereocenters. The van der Waals surface area contributed by atoms with Crippen LogP contribution in [0.4, 0.5) is 5.69 Å². The van der Waals surface area contributed by atoms with E-state index in [4.69, 9.17) is 0 Å². The van der Waals surface area contributed by atoms with E-state index in [0.717, 1.165) is 16.8 Å². The second kappa shape index (κ2) is 5.24. The van der Waals surface area contributed by atoms with Crippen molar-refractivity contribution < 1.29 is 5.11 Å². The Morgan fingerprint density at radius 2 is 1.94 bits per heavy atom. The molecule has 0 amide bonds. The summed E-state index contributed by atoms with van der Waals surface area (Å²) < 4.78 is 0. The lowest BCUT2D eigenvalue weighted by atomic mass is 10.1. The van der Waals surface area contributed by atoms with Crippen LogP contribution < -0.4 is 5.32 Å². The summed E-state index contributed by atoms with van der Waals surface area (Å²) in [6, 6.07) is 16.3. The molecule has 2 aromatic carbocycles. The van der Waals surface area contributed by atoms with Crippen LogP contribution in [0.3, 0.4) is 0 Å². The first-order valence-electron chi connectivity index (χ1n) is 5.71. The number of anilines is 1. The highest BCUT2D eigenvalue weighted by Gasteiger charge is 2.11. The van der Waals surface area contributed by atoms with Crippen LogP contribution in [0.1, 0.15) is 17.2 Å². The number of phenolic OH excluding ortho intramolecular Hbond substituents is 1. The van der Waals surface area contributed by atoms with E-state index in [2.05, 4.69) is 11.4 Å². The van der Waals surface area contributed by atoms with Crippen LogP contribution in [0.15, 0.2) is 48.5 Å². The van der Waals surface area contributed by atoms with Crippen LogP contribution in [0.2, 0.25) is 0 Å². The van der Waals surface area contributed by atoms with Gasteiger partial charge in [-0.3, -0.25) is 0 Å². The van der Waals surface area contributed by atoms with Crippen LogP contribution in [0, 0.1) is 18.3 Å². The molecule has 18 heavy (non-hydrogen) atoms. The zero-order chi connectivity index (χ0) is 13.0. The molecule has 0 saturated carbocycles. The molecule has 90 valence electrons. The predicted octanol–water partition coefficient (Wildman–Crippen LogP) is 3.38. The highest BCUT2D eigenvalue weighted by atomic mass is 16.3. The average Bonchev–Trinajstić information content (AvgIpc) is 2.38. The Kier molecular flexibility index (Phi) is 3.49. The standard InChI is InChI=1S/C15H14N2O/c1-11-5-2-3-8-14(11)17-15(10-16)12-6-4-7-13(18)9-12/h2-9,15,17-18H,1H3. The molecule has 3 heteroatoms. The molecule has 0 aliphatic carbocycles. The Bertz CT molecular complexity index is 587. The number of benzene rings is 2. The maximum Gasteiger partial charge on any atom is 0.140 e. The van der Waals surface area contributed by atoms with Crippen LogP contribution >= 0.6 is 0 Å². The summed E-state index contributed by atoms with van der Waals surface area (Å²) in [6.07, 6.45) is 0. The molecular weight excluding hydrogens is 224 g/mol. The molecule has 2 N–H and O–H groups in total. The zero-order valence-corrected chi connectivity index (χ0v) is 10.1. The van der Waals surface area contributed by atoms with E-state index in [0.29, 0.717) is 0 Å². The summed E-state index contributed by atoms with van der Waals surface area (Å²) in [4.78, 5) is 0. The van der Waals surface area contributed by atoms with Crippen molar-refractivity contribution in [3.8, 4) is 11.8 Å². The first-order valence-corrected chi connectivity index (χ1v) is 5.71. The van der Waals surface area contributed by atoms with Gasteiger partial charge in [0.1, 0.15) is 11.8 Å². The molecule has 0 aliphatic rings. The number of rotatable bonds is 3. The lowest BCUT2D eigenvalue weighted by Gasteiger charge is -2.15. The lowest BCUT2D eigenvalue weighted by Crippen LogP contribution is -2.09. The number of hydrogen-bond donors (Lipinski definition) is 2. The summed E-state index contributed by atoms with van der Waals surface area (Å²) in [6.45, 7) is 1.99. The normalized spacial score (nSPS) is 11.6. The molecule has 2 rings (SSSR count). The number of aryl methyl sites for hydroxylation is 1. The maximum atomic E-state index is 9.44. The van der Waals surface area contributed by atoms with Gasteiger partial charge in [0.15, 0.2) is 0 Å². The Morgan fingerprint density at radius 3 is 2.61 bits per heavy atom. The number of nitriles is 1. The number of hydrogen-bond acceptors (Lipinski definition) is 3. The van der Waals surface area contributed by atoms with Gasteiger partial charge in [-0.1, -0.05) is 30.3 Å². The predicted molar refractivity (Wildman–Crippen MR) is 71.3 cm³/mol. The molecular formula is C15H14N2O. The number of aromatic hydroxyl groups is 1. The molecule has 1 unspecified atom stereocenters. The van der Waals surface area contributed by atoms with Crippen molar-refractivity contribution in [1.82, 2.24) is 0 Å². The zero-order valence-electron chi connectivity index (χ0n) is 10.1. The molecule has 3 nitrogen and oxygen atoms in total. The van der Waals surface area contributed by atoms with E-state index in [-0.39, 0.29) is 5.75 Å². The van der Waals surface area contributed by atoms with Gasteiger partial charge < -0.3 is 10.4 Å². The van der Waals surface area contributed by atoms with Crippen molar-refractivity contribution in [2.75, 3.05) is 5.32 Å². The third kappa shape index (κ3) is 2.61. The van der Waals surface area contributed by atoms with Gasteiger partial charge in [0.25, 0.3) is 0 Å². The minimum atomic E-state index is -0.474. The molecule has 0 aliphatic heterocycles. The second-order valence-electron chi connectivity index (χ2n) is 4.12. The summed E-state index contributed by atoms with van der Waals surface area (Å²) >= 11 is 0. The average molecular weight is 238 g/mol. The van der Waals surface area contributed by atoms with Gasteiger partial charge in [-0.05, 0) is 36.2 Å². The van der Waals surface area contributed by atoms with Crippen molar-refractivity contribution in [1.29, 1.82) is 5.26 Å². The number of nitrogens with zero attached hydrogens (tertiary/aromatic N) is 1. The SMILES string of the molecule is Cc1ccccc1NC(C#N)c1cccc(O)c1. The highest BCUT2D eigenvalue weighted by molar-refractivity contribution is 5.53. The Hall–Kier alpha value is -2.47. The van der Waals surface area contributed by atoms with Gasteiger partial charge >= 0.3 is 0 Å². The van der Waals surface area contributed by atoms with Crippen molar-refractivity contribution in [3.63, 3.8) is 0 Å². The minimum Gasteiger partial charge on any atom is -0.508 e. The molecule has 0 radical (unpaired) electrons. The van der Waals surface area contributed by atoms with E-state index in [1.807, 2.05) is 37.3 Å². The van der Waals surface area contributed by atoms with E-state index >= 15 is 0 Å². The van der Waals surface area contributed by atoms with Gasteiger partial charge in [-0.25, -0.2) is 0 Å². The van der Waals surface area contributed by atoms with Crippen molar-refractivity contribution >= 4 is 5.69 Å². The van der Waals surface area contributed by atoms with Crippen molar-refractivity contribution in [2.24, 2.45) is 0 Å². The summed E-state index contributed by atoms with van der Waals surface area (Å²) in [7, 11) is 0. The van der Waals surface area contributed by atoms with E-state index in [9.17, 15) is 10.4 Å². The number of para-hydroxylation sites is 1. The lowest BCUT2D eigenvalue weighted by molar-refractivity contribution is 0.474. The fourth-order valence-electron chi connectivity index (χ4n) is 1.78.